The van der Waals surface area contributed by atoms with Crippen molar-refractivity contribution in [1.29, 1.82) is 0 Å². The summed E-state index contributed by atoms with van der Waals surface area (Å²) in [4.78, 5) is 9.08. The third-order valence-corrected chi connectivity index (χ3v) is 7.64. The fourth-order valence-corrected chi connectivity index (χ4v) is 5.50. The van der Waals surface area contributed by atoms with Crippen molar-refractivity contribution in [3.63, 3.8) is 0 Å². The maximum atomic E-state index is 4.54. The predicted molar refractivity (Wildman–Crippen MR) is 175 cm³/mol. The number of benzene rings is 5. The van der Waals surface area contributed by atoms with Crippen LogP contribution in [-0.4, -0.2) is 9.97 Å². The molecule has 0 bridgehead atoms. The van der Waals surface area contributed by atoms with Gasteiger partial charge in [0, 0.05) is 23.5 Å². The topological polar surface area (TPSA) is 25.8 Å². The molecule has 0 spiro atoms. The van der Waals surface area contributed by atoms with Gasteiger partial charge in [0.25, 0.3) is 0 Å². The molecule has 0 unspecified atom stereocenters. The van der Waals surface area contributed by atoms with Crippen LogP contribution in [0.5, 0.6) is 0 Å². The number of rotatable bonds is 6. The molecule has 0 aliphatic heterocycles. The van der Waals surface area contributed by atoms with E-state index in [0.29, 0.717) is 0 Å². The largest absolute Gasteiger partial charge is 0.256 e. The second kappa shape index (κ2) is 11.5. The molecule has 0 saturated heterocycles. The van der Waals surface area contributed by atoms with E-state index < -0.39 is 0 Å². The molecule has 198 valence electrons. The van der Waals surface area contributed by atoms with Crippen molar-refractivity contribution in [1.82, 2.24) is 9.97 Å². The lowest BCUT2D eigenvalue weighted by Gasteiger charge is -2.19. The summed E-state index contributed by atoms with van der Waals surface area (Å²) < 4.78 is 0. The van der Waals surface area contributed by atoms with Crippen molar-refractivity contribution < 1.29 is 0 Å². The van der Waals surface area contributed by atoms with Crippen LogP contribution < -0.4 is 0 Å². The monoisotopic (exact) mass is 536 g/mol. The summed E-state index contributed by atoms with van der Waals surface area (Å²) in [5, 5.41) is 0. The first-order valence-electron chi connectivity index (χ1n) is 14.2. The van der Waals surface area contributed by atoms with E-state index >= 15 is 0 Å². The van der Waals surface area contributed by atoms with Crippen LogP contribution in [0.25, 0.3) is 67.0 Å². The molecule has 7 aromatic rings. The summed E-state index contributed by atoms with van der Waals surface area (Å²) in [6.45, 7) is 0. The van der Waals surface area contributed by atoms with Crippen LogP contribution in [0.2, 0.25) is 0 Å². The molecule has 0 amide bonds. The van der Waals surface area contributed by atoms with Crippen molar-refractivity contribution in [2.75, 3.05) is 0 Å². The Morgan fingerprint density at radius 2 is 0.571 bits per heavy atom. The van der Waals surface area contributed by atoms with E-state index in [1.165, 1.54) is 44.5 Å². The molecule has 5 aromatic carbocycles. The van der Waals surface area contributed by atoms with Crippen molar-refractivity contribution in [2.45, 2.75) is 0 Å². The normalized spacial score (nSPS) is 10.9. The SMILES string of the molecule is c1ccc(-c2cc(-c3ccccc3)c(-c3ccc(-c4ccccn4)cc3)cc2-c2ccc(-c3ccccn3)cc2)cc1. The van der Waals surface area contributed by atoms with Crippen molar-refractivity contribution in [2.24, 2.45) is 0 Å². The van der Waals surface area contributed by atoms with E-state index in [4.69, 9.17) is 0 Å². The number of nitrogens with zero attached hydrogens (tertiary/aromatic N) is 2. The van der Waals surface area contributed by atoms with Gasteiger partial charge in [0.2, 0.25) is 0 Å². The molecule has 0 aliphatic carbocycles. The number of aromatic nitrogens is 2. The zero-order chi connectivity index (χ0) is 28.1. The van der Waals surface area contributed by atoms with E-state index in [2.05, 4.69) is 131 Å². The minimum Gasteiger partial charge on any atom is -0.256 e. The minimum absolute atomic E-state index is 0.973. The van der Waals surface area contributed by atoms with Crippen LogP contribution in [0.3, 0.4) is 0 Å². The molecule has 2 nitrogen and oxygen atoms in total. The van der Waals surface area contributed by atoms with Crippen molar-refractivity contribution in [3.05, 3.63) is 170 Å². The summed E-state index contributed by atoms with van der Waals surface area (Å²) >= 11 is 0. The molecule has 0 atom stereocenters. The number of pyridine rings is 2. The highest BCUT2D eigenvalue weighted by Crippen LogP contribution is 2.42. The fraction of sp³-hybridized carbons (Fsp3) is 0. The van der Waals surface area contributed by atoms with E-state index in [1.807, 2.05) is 48.8 Å². The Balaban J connectivity index is 1.42. The van der Waals surface area contributed by atoms with Gasteiger partial charge in [-0.1, -0.05) is 121 Å². The van der Waals surface area contributed by atoms with Gasteiger partial charge >= 0.3 is 0 Å². The van der Waals surface area contributed by atoms with Crippen molar-refractivity contribution >= 4 is 0 Å². The van der Waals surface area contributed by atoms with E-state index in [9.17, 15) is 0 Å². The van der Waals surface area contributed by atoms with Crippen LogP contribution in [0.4, 0.5) is 0 Å². The first-order valence-corrected chi connectivity index (χ1v) is 14.2. The second-order valence-electron chi connectivity index (χ2n) is 10.3. The van der Waals surface area contributed by atoms with E-state index in [0.717, 1.165) is 22.5 Å². The van der Waals surface area contributed by atoms with Gasteiger partial charge in [-0.25, -0.2) is 0 Å². The Labute approximate surface area is 246 Å². The van der Waals surface area contributed by atoms with Crippen LogP contribution in [0.1, 0.15) is 0 Å². The third-order valence-electron chi connectivity index (χ3n) is 7.64. The van der Waals surface area contributed by atoms with E-state index in [-0.39, 0.29) is 0 Å². The van der Waals surface area contributed by atoms with Gasteiger partial charge in [-0.3, -0.25) is 9.97 Å². The summed E-state index contributed by atoms with van der Waals surface area (Å²) in [5.74, 6) is 0. The fourth-order valence-electron chi connectivity index (χ4n) is 5.50. The zero-order valence-corrected chi connectivity index (χ0v) is 23.1. The first kappa shape index (κ1) is 25.4. The molecule has 2 heterocycles. The Morgan fingerprint density at radius 1 is 0.262 bits per heavy atom. The Morgan fingerprint density at radius 3 is 0.905 bits per heavy atom. The van der Waals surface area contributed by atoms with Gasteiger partial charge in [-0.05, 0) is 80.9 Å². The average Bonchev–Trinajstić information content (AvgIpc) is 3.09. The van der Waals surface area contributed by atoms with Crippen LogP contribution >= 0.6 is 0 Å². The van der Waals surface area contributed by atoms with Crippen molar-refractivity contribution in [3.8, 4) is 67.0 Å². The molecular weight excluding hydrogens is 508 g/mol. The Kier molecular flexibility index (Phi) is 6.94. The zero-order valence-electron chi connectivity index (χ0n) is 23.1. The highest BCUT2D eigenvalue weighted by molar-refractivity contribution is 5.95. The lowest BCUT2D eigenvalue weighted by molar-refractivity contribution is 1.33. The summed E-state index contributed by atoms with van der Waals surface area (Å²) in [6, 6.07) is 55.6. The maximum Gasteiger partial charge on any atom is 0.0701 e. The number of hydrogen-bond acceptors (Lipinski definition) is 2. The molecular formula is C40H28N2. The Bertz CT molecular complexity index is 1770. The number of hydrogen-bond donors (Lipinski definition) is 0. The summed E-state index contributed by atoms with van der Waals surface area (Å²) in [5.41, 5.74) is 13.7. The molecule has 7 rings (SSSR count). The molecule has 2 aromatic heterocycles. The molecule has 0 radical (unpaired) electrons. The lowest BCUT2D eigenvalue weighted by atomic mass is 9.85. The molecule has 0 fully saturated rings. The quantitative estimate of drug-likeness (QED) is 0.211. The first-order chi connectivity index (χ1) is 20.8. The average molecular weight is 537 g/mol. The van der Waals surface area contributed by atoms with Crippen LogP contribution in [0.15, 0.2) is 170 Å². The molecule has 0 aliphatic rings. The second-order valence-corrected chi connectivity index (χ2v) is 10.3. The molecule has 42 heavy (non-hydrogen) atoms. The Hall–Kier alpha value is -5.60. The smallest absolute Gasteiger partial charge is 0.0701 e. The van der Waals surface area contributed by atoms with Gasteiger partial charge in [-0.15, -0.1) is 0 Å². The highest BCUT2D eigenvalue weighted by atomic mass is 14.7. The van der Waals surface area contributed by atoms with Gasteiger partial charge < -0.3 is 0 Å². The highest BCUT2D eigenvalue weighted by Gasteiger charge is 2.16. The van der Waals surface area contributed by atoms with Gasteiger partial charge in [-0.2, -0.15) is 0 Å². The molecule has 0 saturated carbocycles. The summed E-state index contributed by atoms with van der Waals surface area (Å²) in [6.07, 6.45) is 3.68. The minimum atomic E-state index is 0.973. The van der Waals surface area contributed by atoms with Gasteiger partial charge in [0.15, 0.2) is 0 Å². The van der Waals surface area contributed by atoms with E-state index in [1.54, 1.807) is 0 Å². The maximum absolute atomic E-state index is 4.54. The third kappa shape index (κ3) is 5.14. The standard InChI is InChI=1S/C40H28N2/c1-3-11-29(12-4-1)35-27-36(30-13-5-2-6-14-30)38(32-19-23-34(24-20-32)40-16-8-10-26-42-40)28-37(35)31-17-21-33(22-18-31)39-15-7-9-25-41-39/h1-28H. The molecule has 2 heteroatoms. The van der Waals surface area contributed by atoms with Crippen LogP contribution in [-0.2, 0) is 0 Å². The molecule has 0 N–H and O–H groups in total. The lowest BCUT2D eigenvalue weighted by Crippen LogP contribution is -1.93. The van der Waals surface area contributed by atoms with Crippen LogP contribution in [0, 0.1) is 0 Å². The summed E-state index contributed by atoms with van der Waals surface area (Å²) in [7, 11) is 0. The predicted octanol–water partition coefficient (Wildman–Crippen LogP) is 10.5. The van der Waals surface area contributed by atoms with Gasteiger partial charge in [0.1, 0.15) is 0 Å². The van der Waals surface area contributed by atoms with Gasteiger partial charge in [0.05, 0.1) is 11.4 Å².